The number of hydrogen-bond donors (Lipinski definition) is 0. The summed E-state index contributed by atoms with van der Waals surface area (Å²) in [7, 11) is 0. The molecule has 0 N–H and O–H groups in total. The fourth-order valence-corrected chi connectivity index (χ4v) is 2.33. The van der Waals surface area contributed by atoms with Crippen LogP contribution in [0.15, 0.2) is 28.2 Å². The van der Waals surface area contributed by atoms with Crippen LogP contribution in [0.1, 0.15) is 5.56 Å². The normalized spacial score (nSPS) is 9.93. The Morgan fingerprint density at radius 2 is 2.27 bits per heavy atom. The predicted molar refractivity (Wildman–Crippen MR) is 59.9 cm³/mol. The molecule has 15 heavy (non-hydrogen) atoms. The van der Waals surface area contributed by atoms with Crippen LogP contribution in [0.3, 0.4) is 0 Å². The summed E-state index contributed by atoms with van der Waals surface area (Å²) in [5.74, 6) is -0.503. The van der Waals surface area contributed by atoms with Gasteiger partial charge >= 0.3 is 0 Å². The first kappa shape index (κ1) is 10.3. The molecule has 0 spiro atoms. The molecule has 0 saturated heterocycles. The van der Waals surface area contributed by atoms with Crippen LogP contribution in [0.2, 0.25) is 0 Å². The van der Waals surface area contributed by atoms with Crippen molar-refractivity contribution in [2.24, 2.45) is 0 Å². The Balaban J connectivity index is 2.51. The molecule has 74 valence electrons. The number of hydrogen-bond acceptors (Lipinski definition) is 3. The topological polar surface area (TPSA) is 36.7 Å². The van der Waals surface area contributed by atoms with Crippen molar-refractivity contribution in [2.45, 2.75) is 0 Å². The summed E-state index contributed by atoms with van der Waals surface area (Å²) in [6, 6.07) is 6.20. The van der Waals surface area contributed by atoms with Gasteiger partial charge in [0.2, 0.25) is 0 Å². The highest BCUT2D eigenvalue weighted by Gasteiger charge is 2.07. The maximum Gasteiger partial charge on any atom is 0.140 e. The molecule has 5 heteroatoms. The van der Waals surface area contributed by atoms with E-state index in [2.05, 4.69) is 20.9 Å². The first-order valence-electron chi connectivity index (χ1n) is 4.02. The zero-order valence-corrected chi connectivity index (χ0v) is 9.77. The molecule has 0 amide bonds. The Hall–Kier alpha value is -1.25. The molecule has 0 aliphatic carbocycles. The zero-order valence-electron chi connectivity index (χ0n) is 7.37. The van der Waals surface area contributed by atoms with Crippen molar-refractivity contribution in [1.82, 2.24) is 4.98 Å². The second-order valence-corrected chi connectivity index (χ2v) is 5.19. The van der Waals surface area contributed by atoms with Crippen LogP contribution in [-0.2, 0) is 0 Å². The van der Waals surface area contributed by atoms with Crippen LogP contribution >= 0.6 is 27.3 Å². The molecule has 0 radical (unpaired) electrons. The molecule has 0 bridgehead atoms. The maximum atomic E-state index is 13.0. The summed E-state index contributed by atoms with van der Waals surface area (Å²) in [6.07, 6.45) is 1.68. The molecule has 1 heterocycles. The Kier molecular flexibility index (Phi) is 2.80. The molecule has 1 aromatic carbocycles. The third kappa shape index (κ3) is 2.06. The van der Waals surface area contributed by atoms with E-state index >= 15 is 0 Å². The smallest absolute Gasteiger partial charge is 0.140 e. The maximum absolute atomic E-state index is 13.0. The summed E-state index contributed by atoms with van der Waals surface area (Å²) in [5.41, 5.74) is 0.794. The highest BCUT2D eigenvalue weighted by molar-refractivity contribution is 9.11. The number of benzene rings is 1. The molecule has 1 aromatic heterocycles. The van der Waals surface area contributed by atoms with Gasteiger partial charge in [-0.1, -0.05) is 0 Å². The largest absolute Gasteiger partial charge is 0.243 e. The molecular formula is C10H4BrFN2S. The number of rotatable bonds is 1. The summed E-state index contributed by atoms with van der Waals surface area (Å²) in [5, 5.41) is 9.44. The lowest BCUT2D eigenvalue weighted by molar-refractivity contribution is 0.624. The quantitative estimate of drug-likeness (QED) is 0.802. The van der Waals surface area contributed by atoms with Crippen molar-refractivity contribution in [3.8, 4) is 16.6 Å². The van der Waals surface area contributed by atoms with E-state index < -0.39 is 5.82 Å². The lowest BCUT2D eigenvalue weighted by Gasteiger charge is -1.97. The van der Waals surface area contributed by atoms with Crippen LogP contribution in [0, 0.1) is 17.1 Å². The highest BCUT2D eigenvalue weighted by atomic mass is 79.9. The van der Waals surface area contributed by atoms with E-state index in [9.17, 15) is 4.39 Å². The van der Waals surface area contributed by atoms with Gasteiger partial charge in [-0.05, 0) is 34.1 Å². The van der Waals surface area contributed by atoms with Crippen molar-refractivity contribution in [3.63, 3.8) is 0 Å². The van der Waals surface area contributed by atoms with Crippen LogP contribution in [0.4, 0.5) is 4.39 Å². The minimum Gasteiger partial charge on any atom is -0.243 e. The Bertz CT molecular complexity index is 545. The summed E-state index contributed by atoms with van der Waals surface area (Å²) in [4.78, 5) is 4.13. The molecule has 2 nitrogen and oxygen atoms in total. The van der Waals surface area contributed by atoms with Crippen molar-refractivity contribution in [2.75, 3.05) is 0 Å². The van der Waals surface area contributed by atoms with Gasteiger partial charge in [-0.25, -0.2) is 9.37 Å². The van der Waals surface area contributed by atoms with Crippen molar-refractivity contribution in [1.29, 1.82) is 5.26 Å². The van der Waals surface area contributed by atoms with Crippen LogP contribution in [-0.4, -0.2) is 4.98 Å². The Morgan fingerprint density at radius 1 is 1.47 bits per heavy atom. The molecule has 2 rings (SSSR count). The summed E-state index contributed by atoms with van der Waals surface area (Å²) >= 11 is 4.74. The number of halogens is 2. The molecule has 0 saturated carbocycles. The van der Waals surface area contributed by atoms with Gasteiger partial charge in [0.15, 0.2) is 0 Å². The van der Waals surface area contributed by atoms with E-state index in [-0.39, 0.29) is 5.56 Å². The zero-order chi connectivity index (χ0) is 10.8. The number of nitriles is 1. The first-order chi connectivity index (χ1) is 7.20. The number of aromatic nitrogens is 1. The molecule has 0 unspecified atom stereocenters. The van der Waals surface area contributed by atoms with Gasteiger partial charge < -0.3 is 0 Å². The molecular weight excluding hydrogens is 279 g/mol. The highest BCUT2D eigenvalue weighted by Crippen LogP contribution is 2.29. The minimum absolute atomic E-state index is 0.0406. The Morgan fingerprint density at radius 3 is 2.87 bits per heavy atom. The second-order valence-electron chi connectivity index (χ2n) is 2.78. The number of thiazole rings is 1. The molecule has 2 aromatic rings. The summed E-state index contributed by atoms with van der Waals surface area (Å²) in [6.45, 7) is 0. The second kappa shape index (κ2) is 4.09. The SMILES string of the molecule is N#Cc1cc(-c2ncc(Br)s2)ccc1F. The van der Waals surface area contributed by atoms with Crippen LogP contribution in [0.25, 0.3) is 10.6 Å². The van der Waals surface area contributed by atoms with Crippen molar-refractivity contribution >= 4 is 27.3 Å². The lowest BCUT2D eigenvalue weighted by Crippen LogP contribution is -1.84. The van der Waals surface area contributed by atoms with Gasteiger partial charge in [0, 0.05) is 5.56 Å². The van der Waals surface area contributed by atoms with E-state index in [1.54, 1.807) is 18.3 Å². The van der Waals surface area contributed by atoms with Crippen molar-refractivity contribution < 1.29 is 4.39 Å². The van der Waals surface area contributed by atoms with E-state index in [0.717, 1.165) is 14.4 Å². The summed E-state index contributed by atoms with van der Waals surface area (Å²) < 4.78 is 13.9. The Labute approximate surface area is 98.1 Å². The molecule has 0 aliphatic rings. The van der Waals surface area contributed by atoms with E-state index in [1.807, 2.05) is 0 Å². The van der Waals surface area contributed by atoms with Gasteiger partial charge in [-0.3, -0.25) is 0 Å². The predicted octanol–water partition coefficient (Wildman–Crippen LogP) is 3.58. The van der Waals surface area contributed by atoms with E-state index in [1.165, 1.54) is 23.5 Å². The fraction of sp³-hybridized carbons (Fsp3) is 0. The monoisotopic (exact) mass is 282 g/mol. The minimum atomic E-state index is -0.503. The average Bonchev–Trinajstić information content (AvgIpc) is 2.66. The van der Waals surface area contributed by atoms with Gasteiger partial charge in [0.1, 0.15) is 16.9 Å². The first-order valence-corrected chi connectivity index (χ1v) is 5.63. The third-order valence-electron chi connectivity index (χ3n) is 1.81. The third-order valence-corrected chi connectivity index (χ3v) is 3.34. The van der Waals surface area contributed by atoms with Gasteiger partial charge in [0.25, 0.3) is 0 Å². The average molecular weight is 283 g/mol. The van der Waals surface area contributed by atoms with Crippen LogP contribution < -0.4 is 0 Å². The fourth-order valence-electron chi connectivity index (χ4n) is 1.13. The molecule has 0 atom stereocenters. The van der Waals surface area contributed by atoms with Gasteiger partial charge in [-0.15, -0.1) is 11.3 Å². The lowest BCUT2D eigenvalue weighted by atomic mass is 10.1. The molecule has 0 aliphatic heterocycles. The van der Waals surface area contributed by atoms with Crippen molar-refractivity contribution in [3.05, 3.63) is 39.6 Å². The van der Waals surface area contributed by atoms with Gasteiger partial charge in [0.05, 0.1) is 15.5 Å². The number of nitrogens with zero attached hydrogens (tertiary/aromatic N) is 2. The molecule has 0 fully saturated rings. The standard InChI is InChI=1S/C10H4BrFN2S/c11-9-5-14-10(15-9)6-1-2-8(12)7(3-6)4-13/h1-3,5H. The van der Waals surface area contributed by atoms with Crippen LogP contribution in [0.5, 0.6) is 0 Å². The van der Waals surface area contributed by atoms with E-state index in [4.69, 9.17) is 5.26 Å². The van der Waals surface area contributed by atoms with E-state index in [0.29, 0.717) is 0 Å². The van der Waals surface area contributed by atoms with Gasteiger partial charge in [-0.2, -0.15) is 5.26 Å².